The van der Waals surface area contributed by atoms with Crippen LogP contribution in [-0.4, -0.2) is 37.6 Å². The molecule has 0 aromatic heterocycles. The second kappa shape index (κ2) is 13.0. The molecule has 0 aliphatic carbocycles. The molecule has 1 heterocycles. The third kappa shape index (κ3) is 8.33. The van der Waals surface area contributed by atoms with E-state index in [4.69, 9.17) is 4.52 Å². The summed E-state index contributed by atoms with van der Waals surface area (Å²) in [5, 5.41) is 0. The zero-order valence-electron chi connectivity index (χ0n) is 23.7. The maximum Gasteiger partial charge on any atom is 0.416 e. The molecule has 1 aliphatic rings. The van der Waals surface area contributed by atoms with Crippen molar-refractivity contribution in [1.29, 1.82) is 0 Å². The smallest absolute Gasteiger partial charge is 0.315 e. The molecular formula is C29H37F6N2OPSi. The minimum Gasteiger partial charge on any atom is -0.315 e. The van der Waals surface area contributed by atoms with Crippen molar-refractivity contribution < 1.29 is 30.9 Å². The van der Waals surface area contributed by atoms with Crippen molar-refractivity contribution in [1.82, 2.24) is 9.34 Å². The first-order chi connectivity index (χ1) is 18.5. The van der Waals surface area contributed by atoms with Gasteiger partial charge in [0.1, 0.15) is 14.2 Å². The zero-order chi connectivity index (χ0) is 29.9. The second-order valence-electron chi connectivity index (χ2n) is 11.1. The third-order valence-electron chi connectivity index (χ3n) is 6.65. The van der Waals surface area contributed by atoms with Gasteiger partial charge in [-0.1, -0.05) is 69.6 Å². The Morgan fingerprint density at radius 1 is 0.850 bits per heavy atom. The van der Waals surface area contributed by atoms with E-state index in [0.717, 1.165) is 43.5 Å². The summed E-state index contributed by atoms with van der Waals surface area (Å²) in [4.78, 5) is 0. The molecule has 3 rings (SSSR count). The van der Waals surface area contributed by atoms with E-state index in [0.29, 0.717) is 17.5 Å². The first-order valence-electron chi connectivity index (χ1n) is 13.3. The van der Waals surface area contributed by atoms with Crippen LogP contribution in [0, 0.1) is 11.5 Å². The summed E-state index contributed by atoms with van der Waals surface area (Å²) in [5.41, 5.74) is 2.48. The first-order valence-corrected chi connectivity index (χ1v) is 18.0. The molecular weight excluding hydrogens is 565 g/mol. The highest BCUT2D eigenvalue weighted by Crippen LogP contribution is 2.63. The van der Waals surface area contributed by atoms with Gasteiger partial charge in [0.2, 0.25) is 0 Å². The van der Waals surface area contributed by atoms with Crippen LogP contribution in [0.5, 0.6) is 0 Å². The van der Waals surface area contributed by atoms with Crippen molar-refractivity contribution in [3.05, 3.63) is 70.8 Å². The Morgan fingerprint density at radius 3 is 1.73 bits per heavy atom. The summed E-state index contributed by atoms with van der Waals surface area (Å²) < 4.78 is 92.1. The van der Waals surface area contributed by atoms with Crippen LogP contribution in [0.3, 0.4) is 0 Å². The van der Waals surface area contributed by atoms with Crippen LogP contribution in [0.2, 0.25) is 19.6 Å². The van der Waals surface area contributed by atoms with Crippen LogP contribution < -0.4 is 0 Å². The quantitative estimate of drug-likeness (QED) is 0.0984. The van der Waals surface area contributed by atoms with Crippen molar-refractivity contribution in [2.24, 2.45) is 0 Å². The van der Waals surface area contributed by atoms with Crippen LogP contribution in [-0.2, 0) is 16.9 Å². The van der Waals surface area contributed by atoms with Gasteiger partial charge < -0.3 is 4.52 Å². The molecule has 1 unspecified atom stereocenters. The molecule has 3 atom stereocenters. The number of likely N-dealkylation sites (N-methyl/N-ethyl adjacent to an activating group) is 2. The summed E-state index contributed by atoms with van der Waals surface area (Å²) in [6.45, 7) is 8.51. The zero-order valence-corrected chi connectivity index (χ0v) is 25.6. The van der Waals surface area contributed by atoms with Crippen LogP contribution in [0.25, 0.3) is 0 Å². The molecule has 2 aromatic rings. The van der Waals surface area contributed by atoms with Crippen molar-refractivity contribution in [2.75, 3.05) is 14.1 Å². The van der Waals surface area contributed by atoms with E-state index < -0.39 is 58.2 Å². The number of nitrogens with zero attached hydrogens (tertiary/aromatic N) is 2. The molecule has 0 saturated carbocycles. The lowest BCUT2D eigenvalue weighted by Crippen LogP contribution is -2.22. The fraction of sp³-hybridized carbons (Fsp3) is 0.517. The lowest BCUT2D eigenvalue weighted by Gasteiger charge is -2.28. The Labute approximate surface area is 235 Å². The van der Waals surface area contributed by atoms with Gasteiger partial charge in [0.05, 0.1) is 23.2 Å². The van der Waals surface area contributed by atoms with Crippen LogP contribution in [0.1, 0.15) is 66.9 Å². The summed E-state index contributed by atoms with van der Waals surface area (Å²) in [7, 11) is 0.248. The molecule has 11 heteroatoms. The first kappa shape index (κ1) is 32.6. The molecule has 220 valence electrons. The van der Waals surface area contributed by atoms with E-state index in [1.54, 1.807) is 26.2 Å². The summed E-state index contributed by atoms with van der Waals surface area (Å²) in [5.74, 6) is 3.31. The average Bonchev–Trinajstić information content (AvgIpc) is 3.10. The summed E-state index contributed by atoms with van der Waals surface area (Å²) in [6.07, 6.45) is -5.85. The second-order valence-corrected chi connectivity index (χ2v) is 17.9. The molecule has 1 saturated heterocycles. The monoisotopic (exact) mass is 602 g/mol. The fourth-order valence-corrected chi connectivity index (χ4v) is 7.40. The Kier molecular flexibility index (Phi) is 10.6. The number of hydrogen-bond donors (Lipinski definition) is 0. The average molecular weight is 603 g/mol. The summed E-state index contributed by atoms with van der Waals surface area (Å²) >= 11 is 0. The normalized spacial score (nSPS) is 20.4. The lowest BCUT2D eigenvalue weighted by atomic mass is 9.91. The van der Waals surface area contributed by atoms with E-state index in [-0.39, 0.29) is 0 Å². The van der Waals surface area contributed by atoms with Gasteiger partial charge in [-0.05, 0) is 62.3 Å². The van der Waals surface area contributed by atoms with Crippen molar-refractivity contribution in [2.45, 2.75) is 82.8 Å². The van der Waals surface area contributed by atoms with Gasteiger partial charge in [-0.2, -0.15) is 26.3 Å². The number of unbranched alkanes of at least 4 members (excludes halogenated alkanes) is 2. The van der Waals surface area contributed by atoms with Gasteiger partial charge in [0.15, 0.2) is 8.45 Å². The molecule has 3 nitrogen and oxygen atoms in total. The highest BCUT2D eigenvalue weighted by Gasteiger charge is 2.48. The SMILES string of the molecule is CCCCCC(C#C[Si](C)(C)C)OP1N(C)[C@H](c2cccc(C(F)(F)F)c2)[C@@H](c2cccc(C(F)(F)F)c2)N1C. The molecule has 0 radical (unpaired) electrons. The van der Waals surface area contributed by atoms with E-state index in [9.17, 15) is 26.3 Å². The Bertz CT molecular complexity index is 1130. The molecule has 0 spiro atoms. The molecule has 0 bridgehead atoms. The molecule has 1 fully saturated rings. The molecule has 0 N–H and O–H groups in total. The topological polar surface area (TPSA) is 15.7 Å². The van der Waals surface area contributed by atoms with E-state index in [1.807, 2.05) is 9.34 Å². The maximum atomic E-state index is 13.6. The summed E-state index contributed by atoms with van der Waals surface area (Å²) in [6, 6.07) is 8.66. The predicted octanol–water partition coefficient (Wildman–Crippen LogP) is 9.46. The van der Waals surface area contributed by atoms with Crippen molar-refractivity contribution in [3.63, 3.8) is 0 Å². The van der Waals surface area contributed by atoms with Crippen molar-refractivity contribution in [3.8, 4) is 11.5 Å². The Balaban J connectivity index is 2.08. The number of benzene rings is 2. The lowest BCUT2D eigenvalue weighted by molar-refractivity contribution is -0.138. The highest BCUT2D eigenvalue weighted by atomic mass is 31.2. The predicted molar refractivity (Wildman–Crippen MR) is 151 cm³/mol. The number of alkyl halides is 6. The number of hydrogen-bond acceptors (Lipinski definition) is 3. The molecule has 2 aromatic carbocycles. The van der Waals surface area contributed by atoms with Crippen LogP contribution in [0.15, 0.2) is 48.5 Å². The van der Waals surface area contributed by atoms with Gasteiger partial charge in [-0.15, -0.1) is 5.54 Å². The minimum absolute atomic E-state index is 0.357. The number of halogens is 6. The van der Waals surface area contributed by atoms with Gasteiger partial charge in [-0.25, -0.2) is 9.34 Å². The molecule has 40 heavy (non-hydrogen) atoms. The van der Waals surface area contributed by atoms with Crippen LogP contribution in [0.4, 0.5) is 26.3 Å². The number of rotatable bonds is 8. The fourth-order valence-electron chi connectivity index (χ4n) is 4.73. The Morgan fingerprint density at radius 2 is 1.32 bits per heavy atom. The van der Waals surface area contributed by atoms with E-state index in [1.165, 1.54) is 12.1 Å². The van der Waals surface area contributed by atoms with Crippen molar-refractivity contribution >= 4 is 16.5 Å². The minimum atomic E-state index is -4.55. The van der Waals surface area contributed by atoms with Gasteiger partial charge in [0, 0.05) is 0 Å². The highest BCUT2D eigenvalue weighted by molar-refractivity contribution is 7.47. The Hall–Kier alpha value is -1.89. The third-order valence-corrected chi connectivity index (χ3v) is 9.57. The van der Waals surface area contributed by atoms with Gasteiger partial charge >= 0.3 is 12.4 Å². The van der Waals surface area contributed by atoms with E-state index >= 15 is 0 Å². The molecule has 0 amide bonds. The largest absolute Gasteiger partial charge is 0.416 e. The van der Waals surface area contributed by atoms with Gasteiger partial charge in [-0.3, -0.25) is 0 Å². The van der Waals surface area contributed by atoms with Crippen LogP contribution >= 0.6 is 8.45 Å². The molecule has 1 aliphatic heterocycles. The van der Waals surface area contributed by atoms with Gasteiger partial charge in [0.25, 0.3) is 0 Å². The maximum absolute atomic E-state index is 13.6. The standard InChI is InChI=1S/C29H37F6N2OPSi/c1-7-8-9-16-25(17-18-40(4,5)6)38-39-36(2)26(21-12-10-14-23(19-21)28(30,31)32)27(37(39)3)22-13-11-15-24(20-22)29(33,34)35/h10-15,19-20,25-27H,7-9,16H2,1-6H3/t25?,26-,27-/m1/s1. The van der Waals surface area contributed by atoms with E-state index in [2.05, 4.69) is 38.0 Å².